The lowest BCUT2D eigenvalue weighted by Gasteiger charge is -2.17. The molecule has 0 amide bonds. The molecule has 20 heavy (non-hydrogen) atoms. The van der Waals surface area contributed by atoms with Gasteiger partial charge in [0, 0.05) is 32.3 Å². The van der Waals surface area contributed by atoms with E-state index >= 15 is 0 Å². The minimum Gasteiger partial charge on any atom is -0.396 e. The maximum absolute atomic E-state index is 8.99. The lowest BCUT2D eigenvalue weighted by molar-refractivity contribution is 0.227. The van der Waals surface area contributed by atoms with Crippen molar-refractivity contribution in [2.45, 2.75) is 38.8 Å². The second kappa shape index (κ2) is 8.40. The van der Waals surface area contributed by atoms with Gasteiger partial charge in [0.15, 0.2) is 0 Å². The summed E-state index contributed by atoms with van der Waals surface area (Å²) in [6, 6.07) is 11.4. The molecule has 0 spiro atoms. The Morgan fingerprint density at radius 3 is 2.90 bits per heavy atom. The molecular weight excluding hydrogens is 248 g/mol. The average Bonchev–Trinajstić information content (AvgIpc) is 2.92. The maximum atomic E-state index is 8.99. The number of nitrogens with zero attached hydrogens (tertiary/aromatic N) is 1. The standard InChI is InChI=1S/C17H28N2O/c1-15(14-20)6-5-10-18-17-9-11-19(13-17)12-16-7-3-2-4-8-16/h2-4,7-8,15,17-18,20H,5-6,9-14H2,1H3. The van der Waals surface area contributed by atoms with Crippen molar-refractivity contribution in [3.63, 3.8) is 0 Å². The first kappa shape index (κ1) is 15.5. The van der Waals surface area contributed by atoms with Gasteiger partial charge in [-0.3, -0.25) is 4.90 Å². The summed E-state index contributed by atoms with van der Waals surface area (Å²) in [6.45, 7) is 6.92. The molecule has 3 nitrogen and oxygen atoms in total. The van der Waals surface area contributed by atoms with Crippen molar-refractivity contribution >= 4 is 0 Å². The second-order valence-corrected chi connectivity index (χ2v) is 6.09. The van der Waals surface area contributed by atoms with Crippen molar-refractivity contribution in [3.8, 4) is 0 Å². The third kappa shape index (κ3) is 5.23. The molecule has 0 aliphatic carbocycles. The van der Waals surface area contributed by atoms with Gasteiger partial charge >= 0.3 is 0 Å². The summed E-state index contributed by atoms with van der Waals surface area (Å²) in [5.74, 6) is 0.440. The zero-order chi connectivity index (χ0) is 14.2. The molecule has 112 valence electrons. The molecule has 1 saturated heterocycles. The zero-order valence-corrected chi connectivity index (χ0v) is 12.6. The highest BCUT2D eigenvalue weighted by Gasteiger charge is 2.21. The molecule has 0 aromatic heterocycles. The second-order valence-electron chi connectivity index (χ2n) is 6.09. The number of benzene rings is 1. The zero-order valence-electron chi connectivity index (χ0n) is 12.6. The van der Waals surface area contributed by atoms with Crippen LogP contribution in [-0.2, 0) is 6.54 Å². The van der Waals surface area contributed by atoms with E-state index < -0.39 is 0 Å². The van der Waals surface area contributed by atoms with Crippen LogP contribution in [0.5, 0.6) is 0 Å². The average molecular weight is 276 g/mol. The molecule has 1 heterocycles. The van der Waals surface area contributed by atoms with Crippen molar-refractivity contribution in [3.05, 3.63) is 35.9 Å². The first-order valence-corrected chi connectivity index (χ1v) is 7.88. The van der Waals surface area contributed by atoms with Crippen LogP contribution in [0.1, 0.15) is 31.7 Å². The number of hydrogen-bond acceptors (Lipinski definition) is 3. The van der Waals surface area contributed by atoms with Crippen LogP contribution >= 0.6 is 0 Å². The third-order valence-corrected chi connectivity index (χ3v) is 4.14. The fourth-order valence-corrected chi connectivity index (χ4v) is 2.83. The summed E-state index contributed by atoms with van der Waals surface area (Å²) in [7, 11) is 0. The Morgan fingerprint density at radius 2 is 2.15 bits per heavy atom. The molecule has 2 atom stereocenters. The van der Waals surface area contributed by atoms with Gasteiger partial charge in [-0.05, 0) is 37.3 Å². The van der Waals surface area contributed by atoms with Crippen molar-refractivity contribution in [1.29, 1.82) is 0 Å². The van der Waals surface area contributed by atoms with E-state index in [0.717, 1.165) is 32.5 Å². The Bertz CT molecular complexity index is 369. The highest BCUT2D eigenvalue weighted by molar-refractivity contribution is 5.14. The molecule has 2 N–H and O–H groups in total. The largest absolute Gasteiger partial charge is 0.396 e. The minimum atomic E-state index is 0.314. The molecule has 1 fully saturated rings. The van der Waals surface area contributed by atoms with E-state index in [9.17, 15) is 0 Å². The van der Waals surface area contributed by atoms with Gasteiger partial charge in [-0.15, -0.1) is 0 Å². The van der Waals surface area contributed by atoms with Gasteiger partial charge in [0.25, 0.3) is 0 Å². The first-order valence-electron chi connectivity index (χ1n) is 7.88. The molecule has 1 aliphatic rings. The Hall–Kier alpha value is -0.900. The minimum absolute atomic E-state index is 0.314. The van der Waals surface area contributed by atoms with E-state index in [4.69, 9.17) is 5.11 Å². The summed E-state index contributed by atoms with van der Waals surface area (Å²) in [5.41, 5.74) is 1.41. The molecule has 0 saturated carbocycles. The van der Waals surface area contributed by atoms with E-state index in [1.54, 1.807) is 0 Å². The number of rotatable bonds is 8. The molecular formula is C17H28N2O. The van der Waals surface area contributed by atoms with E-state index in [-0.39, 0.29) is 0 Å². The normalized spacial score (nSPS) is 21.2. The van der Waals surface area contributed by atoms with Crippen LogP contribution < -0.4 is 5.32 Å². The lowest BCUT2D eigenvalue weighted by Crippen LogP contribution is -2.33. The highest BCUT2D eigenvalue weighted by atomic mass is 16.3. The van der Waals surface area contributed by atoms with Crippen LogP contribution in [0.3, 0.4) is 0 Å². The fraction of sp³-hybridized carbons (Fsp3) is 0.647. The van der Waals surface area contributed by atoms with Crippen molar-refractivity contribution in [2.75, 3.05) is 26.2 Å². The van der Waals surface area contributed by atoms with E-state index in [1.807, 2.05) is 0 Å². The topological polar surface area (TPSA) is 35.5 Å². The number of likely N-dealkylation sites (tertiary alicyclic amines) is 1. The van der Waals surface area contributed by atoms with Crippen LogP contribution in [0, 0.1) is 5.92 Å². The lowest BCUT2D eigenvalue weighted by atomic mass is 10.1. The molecule has 1 aromatic rings. The predicted octanol–water partition coefficient (Wildman–Crippen LogP) is 2.26. The number of nitrogens with one attached hydrogen (secondary N) is 1. The molecule has 0 bridgehead atoms. The predicted molar refractivity (Wildman–Crippen MR) is 83.6 cm³/mol. The quantitative estimate of drug-likeness (QED) is 0.715. The van der Waals surface area contributed by atoms with Crippen LogP contribution in [0.25, 0.3) is 0 Å². The molecule has 1 aromatic carbocycles. The number of aliphatic hydroxyl groups is 1. The summed E-state index contributed by atoms with van der Waals surface area (Å²) < 4.78 is 0. The third-order valence-electron chi connectivity index (χ3n) is 4.14. The molecule has 0 radical (unpaired) electrons. The van der Waals surface area contributed by atoms with Crippen LogP contribution in [0.2, 0.25) is 0 Å². The van der Waals surface area contributed by atoms with Crippen LogP contribution in [-0.4, -0.2) is 42.3 Å². The molecule has 2 rings (SSSR count). The van der Waals surface area contributed by atoms with Gasteiger partial charge in [0.2, 0.25) is 0 Å². The van der Waals surface area contributed by atoms with Crippen molar-refractivity contribution < 1.29 is 5.11 Å². The fourth-order valence-electron chi connectivity index (χ4n) is 2.83. The van der Waals surface area contributed by atoms with Gasteiger partial charge in [-0.25, -0.2) is 0 Å². The molecule has 2 unspecified atom stereocenters. The van der Waals surface area contributed by atoms with E-state index in [1.165, 1.54) is 18.5 Å². The summed E-state index contributed by atoms with van der Waals surface area (Å²) in [5, 5.41) is 12.6. The summed E-state index contributed by atoms with van der Waals surface area (Å²) in [4.78, 5) is 2.53. The summed E-state index contributed by atoms with van der Waals surface area (Å²) in [6.07, 6.45) is 3.53. The van der Waals surface area contributed by atoms with Gasteiger partial charge in [0.05, 0.1) is 0 Å². The highest BCUT2D eigenvalue weighted by Crippen LogP contribution is 2.13. The van der Waals surface area contributed by atoms with Crippen LogP contribution in [0.4, 0.5) is 0 Å². The molecule has 3 heteroatoms. The van der Waals surface area contributed by atoms with Crippen molar-refractivity contribution in [1.82, 2.24) is 10.2 Å². The van der Waals surface area contributed by atoms with Gasteiger partial charge in [-0.1, -0.05) is 37.3 Å². The van der Waals surface area contributed by atoms with Gasteiger partial charge in [0.1, 0.15) is 0 Å². The maximum Gasteiger partial charge on any atom is 0.0456 e. The van der Waals surface area contributed by atoms with E-state index in [2.05, 4.69) is 47.5 Å². The molecule has 1 aliphatic heterocycles. The first-order chi connectivity index (χ1) is 9.78. The number of hydrogen-bond donors (Lipinski definition) is 2. The SMILES string of the molecule is CC(CO)CCCNC1CCN(Cc2ccccc2)C1. The summed E-state index contributed by atoms with van der Waals surface area (Å²) >= 11 is 0. The monoisotopic (exact) mass is 276 g/mol. The van der Waals surface area contributed by atoms with Crippen molar-refractivity contribution in [2.24, 2.45) is 5.92 Å². The smallest absolute Gasteiger partial charge is 0.0456 e. The Morgan fingerprint density at radius 1 is 1.35 bits per heavy atom. The Kier molecular flexibility index (Phi) is 6.51. The number of aliphatic hydroxyl groups excluding tert-OH is 1. The Balaban J connectivity index is 1.60. The van der Waals surface area contributed by atoms with Gasteiger partial charge < -0.3 is 10.4 Å². The van der Waals surface area contributed by atoms with Gasteiger partial charge in [-0.2, -0.15) is 0 Å². The van der Waals surface area contributed by atoms with Crippen LogP contribution in [0.15, 0.2) is 30.3 Å². The van der Waals surface area contributed by atoms with E-state index in [0.29, 0.717) is 18.6 Å². The Labute approximate surface area is 123 Å².